The van der Waals surface area contributed by atoms with Crippen molar-refractivity contribution in [3.63, 3.8) is 0 Å². The molecule has 11 heteroatoms. The molecule has 0 aliphatic carbocycles. The van der Waals surface area contributed by atoms with Crippen LogP contribution in [0, 0.1) is 11.3 Å². The predicted molar refractivity (Wildman–Crippen MR) is 124 cm³/mol. The molecule has 0 aliphatic rings. The Hall–Kier alpha value is -3.25. The summed E-state index contributed by atoms with van der Waals surface area (Å²) in [5.74, 6) is 0.535. The summed E-state index contributed by atoms with van der Waals surface area (Å²) in [4.78, 5) is 22.6. The Labute approximate surface area is 199 Å². The number of nitrogens with zero attached hydrogens (tertiary/aromatic N) is 4. The summed E-state index contributed by atoms with van der Waals surface area (Å²) < 4.78 is 10.4. The summed E-state index contributed by atoms with van der Waals surface area (Å²) in [6, 6.07) is 9.99. The first-order valence-electron chi connectivity index (χ1n) is 8.98. The van der Waals surface area contributed by atoms with Crippen LogP contribution in [0.3, 0.4) is 0 Å². The highest BCUT2D eigenvalue weighted by atomic mass is 35.5. The number of methoxy groups -OCH3 is 2. The zero-order valence-corrected chi connectivity index (χ0v) is 19.4. The highest BCUT2D eigenvalue weighted by molar-refractivity contribution is 6.45. The van der Waals surface area contributed by atoms with Gasteiger partial charge in [-0.25, -0.2) is 14.8 Å². The van der Waals surface area contributed by atoms with Crippen LogP contribution in [0.4, 0.5) is 16.3 Å². The van der Waals surface area contributed by atoms with E-state index in [-0.39, 0.29) is 32.3 Å². The van der Waals surface area contributed by atoms with Crippen LogP contribution in [0.5, 0.6) is 11.5 Å². The largest absolute Gasteiger partial charge is 0.493 e. The van der Waals surface area contributed by atoms with Crippen molar-refractivity contribution in [2.75, 3.05) is 31.5 Å². The van der Waals surface area contributed by atoms with E-state index >= 15 is 0 Å². The van der Waals surface area contributed by atoms with E-state index in [0.717, 1.165) is 5.56 Å². The quantitative estimate of drug-likeness (QED) is 0.493. The van der Waals surface area contributed by atoms with E-state index in [9.17, 15) is 4.79 Å². The van der Waals surface area contributed by atoms with E-state index in [0.29, 0.717) is 17.1 Å². The van der Waals surface area contributed by atoms with Gasteiger partial charge in [-0.15, -0.1) is 0 Å². The van der Waals surface area contributed by atoms with Gasteiger partial charge in [-0.3, -0.25) is 4.90 Å². The molecule has 2 aromatic carbocycles. The number of nitriles is 1. The molecule has 1 heterocycles. The zero-order chi connectivity index (χ0) is 23.4. The minimum absolute atomic E-state index is 0.0195. The molecule has 0 unspecified atom stereocenters. The molecular weight excluding hydrogens is 477 g/mol. The lowest BCUT2D eigenvalue weighted by Crippen LogP contribution is -2.32. The van der Waals surface area contributed by atoms with Crippen LogP contribution in [-0.4, -0.2) is 37.3 Å². The van der Waals surface area contributed by atoms with Crippen LogP contribution in [0.25, 0.3) is 11.3 Å². The second kappa shape index (κ2) is 9.92. The monoisotopic (exact) mass is 491 g/mol. The number of amides is 2. The fourth-order valence-electron chi connectivity index (χ4n) is 2.79. The molecule has 0 saturated heterocycles. The number of carbonyl (C=O) groups is 1. The molecule has 0 spiro atoms. The molecule has 164 valence electrons. The van der Waals surface area contributed by atoms with Gasteiger partial charge in [-0.1, -0.05) is 46.9 Å². The van der Waals surface area contributed by atoms with E-state index in [1.165, 1.54) is 32.5 Å². The first-order valence-corrected chi connectivity index (χ1v) is 10.1. The van der Waals surface area contributed by atoms with Crippen molar-refractivity contribution in [3.8, 4) is 28.8 Å². The van der Waals surface area contributed by atoms with Crippen molar-refractivity contribution in [2.24, 2.45) is 0 Å². The lowest BCUT2D eigenvalue weighted by molar-refractivity contribution is 0.258. The summed E-state index contributed by atoms with van der Waals surface area (Å²) in [5, 5.41) is 11.7. The Morgan fingerprint density at radius 2 is 1.62 bits per heavy atom. The molecule has 1 aromatic heterocycles. The molecule has 8 nitrogen and oxygen atoms in total. The number of anilines is 2. The fraction of sp³-hybridized carbons (Fsp3) is 0.143. The standard InChI is InChI=1S/C21H16Cl3N5O3/c1-29(14-8-13(26-10-27-14)12-6-4-11(9-25)5-7-12)21(30)28-18-15(22)19(31-2)17(24)20(32-3)16(18)23/h4-8,10H,1-3H3,(H,28,30). The summed E-state index contributed by atoms with van der Waals surface area (Å²) in [6.45, 7) is 0. The molecule has 0 aliphatic heterocycles. The Morgan fingerprint density at radius 1 is 1.03 bits per heavy atom. The van der Waals surface area contributed by atoms with Crippen molar-refractivity contribution in [2.45, 2.75) is 0 Å². The lowest BCUT2D eigenvalue weighted by atomic mass is 10.1. The minimum atomic E-state index is -0.579. The van der Waals surface area contributed by atoms with Gasteiger partial charge in [0.15, 0.2) is 11.5 Å². The summed E-state index contributed by atoms with van der Waals surface area (Å²) in [5.41, 5.74) is 1.94. The van der Waals surface area contributed by atoms with Crippen LogP contribution in [0.1, 0.15) is 5.56 Å². The van der Waals surface area contributed by atoms with E-state index in [1.54, 1.807) is 30.3 Å². The smallest absolute Gasteiger partial charge is 0.327 e. The highest BCUT2D eigenvalue weighted by Gasteiger charge is 2.25. The first kappa shape index (κ1) is 23.4. The normalized spacial score (nSPS) is 10.3. The third-order valence-corrected chi connectivity index (χ3v) is 5.55. The van der Waals surface area contributed by atoms with Crippen LogP contribution < -0.4 is 19.7 Å². The molecule has 1 N–H and O–H groups in total. The number of carbonyl (C=O) groups excluding carboxylic acids is 1. The van der Waals surface area contributed by atoms with Gasteiger partial charge >= 0.3 is 6.03 Å². The Bertz CT molecular complexity index is 1180. The number of ether oxygens (including phenoxy) is 2. The van der Waals surface area contributed by atoms with E-state index < -0.39 is 6.03 Å². The second-order valence-electron chi connectivity index (χ2n) is 6.32. The summed E-state index contributed by atoms with van der Waals surface area (Å²) in [6.07, 6.45) is 1.33. The molecular formula is C21H16Cl3N5O3. The minimum Gasteiger partial charge on any atom is -0.493 e. The van der Waals surface area contributed by atoms with Crippen molar-refractivity contribution >= 4 is 52.3 Å². The maximum Gasteiger partial charge on any atom is 0.327 e. The zero-order valence-electron chi connectivity index (χ0n) is 17.1. The van der Waals surface area contributed by atoms with Crippen LogP contribution in [0.2, 0.25) is 15.1 Å². The third-order valence-electron chi connectivity index (χ3n) is 4.49. The molecule has 0 atom stereocenters. The number of aromatic nitrogens is 2. The maximum atomic E-state index is 12.9. The van der Waals surface area contributed by atoms with Crippen molar-refractivity contribution in [1.82, 2.24) is 9.97 Å². The molecule has 3 aromatic rings. The van der Waals surface area contributed by atoms with Gasteiger partial charge < -0.3 is 14.8 Å². The number of hydrogen-bond donors (Lipinski definition) is 1. The average Bonchev–Trinajstić information content (AvgIpc) is 2.82. The molecule has 0 bridgehead atoms. The Morgan fingerprint density at radius 3 is 2.16 bits per heavy atom. The molecule has 0 fully saturated rings. The highest BCUT2D eigenvalue weighted by Crippen LogP contribution is 2.50. The van der Waals surface area contributed by atoms with Crippen LogP contribution in [0.15, 0.2) is 36.7 Å². The average molecular weight is 493 g/mol. The predicted octanol–water partition coefficient (Wildman–Crippen LogP) is 5.66. The van der Waals surface area contributed by atoms with Gasteiger partial charge in [0.2, 0.25) is 0 Å². The number of hydrogen-bond acceptors (Lipinski definition) is 6. The number of urea groups is 1. The van der Waals surface area contributed by atoms with E-state index in [4.69, 9.17) is 49.5 Å². The molecule has 32 heavy (non-hydrogen) atoms. The van der Waals surface area contributed by atoms with Gasteiger partial charge in [0.25, 0.3) is 0 Å². The summed E-state index contributed by atoms with van der Waals surface area (Å²) in [7, 11) is 4.28. The number of halogens is 3. The van der Waals surface area contributed by atoms with Crippen molar-refractivity contribution in [1.29, 1.82) is 5.26 Å². The SMILES string of the molecule is COc1c(Cl)c(NC(=O)N(C)c2cc(-c3ccc(C#N)cc3)ncn2)c(Cl)c(OC)c1Cl. The summed E-state index contributed by atoms with van der Waals surface area (Å²) >= 11 is 18.9. The fourth-order valence-corrected chi connectivity index (χ4v) is 3.90. The van der Waals surface area contributed by atoms with Gasteiger partial charge in [-0.05, 0) is 12.1 Å². The Kier molecular flexibility index (Phi) is 7.26. The van der Waals surface area contributed by atoms with Gasteiger partial charge in [0.05, 0.1) is 37.2 Å². The van der Waals surface area contributed by atoms with Crippen LogP contribution in [-0.2, 0) is 0 Å². The topological polar surface area (TPSA) is 100 Å². The van der Waals surface area contributed by atoms with Crippen molar-refractivity contribution < 1.29 is 14.3 Å². The van der Waals surface area contributed by atoms with E-state index in [1.807, 2.05) is 0 Å². The van der Waals surface area contributed by atoms with Gasteiger partial charge in [0.1, 0.15) is 27.2 Å². The number of rotatable bonds is 5. The second-order valence-corrected chi connectivity index (χ2v) is 7.46. The third kappa shape index (κ3) is 4.50. The van der Waals surface area contributed by atoms with E-state index in [2.05, 4.69) is 21.4 Å². The lowest BCUT2D eigenvalue weighted by Gasteiger charge is -2.21. The molecule has 0 radical (unpaired) electrons. The first-order chi connectivity index (χ1) is 15.3. The molecule has 2 amide bonds. The van der Waals surface area contributed by atoms with Crippen LogP contribution >= 0.6 is 34.8 Å². The number of benzene rings is 2. The Balaban J connectivity index is 1.91. The number of nitrogens with one attached hydrogen (secondary N) is 1. The van der Waals surface area contributed by atoms with Crippen molar-refractivity contribution in [3.05, 3.63) is 57.3 Å². The molecule has 0 saturated carbocycles. The molecule has 3 rings (SSSR count). The maximum absolute atomic E-state index is 12.9. The van der Waals surface area contributed by atoms with Gasteiger partial charge in [-0.2, -0.15) is 5.26 Å². The van der Waals surface area contributed by atoms with Gasteiger partial charge in [0, 0.05) is 18.7 Å².